The highest BCUT2D eigenvalue weighted by Gasteiger charge is 2.07. The van der Waals surface area contributed by atoms with Gasteiger partial charge in [0.1, 0.15) is 12.4 Å². The summed E-state index contributed by atoms with van der Waals surface area (Å²) in [5.41, 5.74) is 2.46. The number of para-hydroxylation sites is 2. The maximum Gasteiger partial charge on any atom is 0.258 e. The molecular weight excluding hydrogens is 330 g/mol. The zero-order valence-corrected chi connectivity index (χ0v) is 15.9. The summed E-state index contributed by atoms with van der Waals surface area (Å²) in [6.45, 7) is 7.10. The average Bonchev–Trinajstić information content (AvgIpc) is 2.63. The van der Waals surface area contributed by atoms with E-state index in [0.29, 0.717) is 36.3 Å². The summed E-state index contributed by atoms with van der Waals surface area (Å²) >= 11 is 0. The van der Waals surface area contributed by atoms with E-state index < -0.39 is 0 Å². The smallest absolute Gasteiger partial charge is 0.258 e. The molecule has 0 atom stereocenters. The maximum absolute atomic E-state index is 11.9. The van der Waals surface area contributed by atoms with Gasteiger partial charge in [0.2, 0.25) is 0 Å². The van der Waals surface area contributed by atoms with Crippen LogP contribution < -0.4 is 19.5 Å². The normalized spacial score (nSPS) is 10.5. The van der Waals surface area contributed by atoms with Crippen molar-refractivity contribution in [1.29, 1.82) is 0 Å². The maximum atomic E-state index is 11.9. The Morgan fingerprint density at radius 2 is 1.81 bits per heavy atom. The molecule has 5 nitrogen and oxygen atoms in total. The van der Waals surface area contributed by atoms with Gasteiger partial charge in [-0.05, 0) is 48.2 Å². The number of nitrogens with one attached hydrogen (secondary N) is 1. The standard InChI is InChI=1S/C21H27NO4/c1-15(2)18-10-9-17(13-16(18)3)26-14-21(23)22-11-12-25-20-8-6-5-7-19(20)24-4/h5-10,13,15H,11-12,14H2,1-4H3,(H,22,23). The van der Waals surface area contributed by atoms with Crippen LogP contribution in [-0.2, 0) is 4.79 Å². The molecule has 0 aliphatic rings. The summed E-state index contributed by atoms with van der Waals surface area (Å²) < 4.78 is 16.4. The highest BCUT2D eigenvalue weighted by molar-refractivity contribution is 5.77. The minimum absolute atomic E-state index is 0.0187. The number of rotatable bonds is 9. The second kappa shape index (κ2) is 9.70. The van der Waals surface area contributed by atoms with Crippen LogP contribution in [-0.4, -0.2) is 32.8 Å². The van der Waals surface area contributed by atoms with Crippen molar-refractivity contribution in [3.63, 3.8) is 0 Å². The molecule has 140 valence electrons. The van der Waals surface area contributed by atoms with Crippen molar-refractivity contribution in [1.82, 2.24) is 5.32 Å². The summed E-state index contributed by atoms with van der Waals surface area (Å²) in [6, 6.07) is 13.3. The third-order valence-electron chi connectivity index (χ3n) is 3.98. The Kier molecular flexibility index (Phi) is 7.33. The van der Waals surface area contributed by atoms with Crippen LogP contribution in [0, 0.1) is 6.92 Å². The van der Waals surface area contributed by atoms with Crippen molar-refractivity contribution in [2.45, 2.75) is 26.7 Å². The molecule has 0 aliphatic heterocycles. The number of carbonyl (C=O) groups is 1. The Hall–Kier alpha value is -2.69. The van der Waals surface area contributed by atoms with E-state index in [0.717, 1.165) is 0 Å². The zero-order chi connectivity index (χ0) is 18.9. The van der Waals surface area contributed by atoms with Gasteiger partial charge >= 0.3 is 0 Å². The van der Waals surface area contributed by atoms with Crippen molar-refractivity contribution >= 4 is 5.91 Å². The van der Waals surface area contributed by atoms with Crippen molar-refractivity contribution in [3.8, 4) is 17.2 Å². The van der Waals surface area contributed by atoms with Crippen molar-refractivity contribution in [3.05, 3.63) is 53.6 Å². The summed E-state index contributed by atoms with van der Waals surface area (Å²) in [4.78, 5) is 11.9. The fraction of sp³-hybridized carbons (Fsp3) is 0.381. The number of aryl methyl sites for hydroxylation is 1. The van der Waals surface area contributed by atoms with E-state index in [-0.39, 0.29) is 12.5 Å². The predicted octanol–water partition coefficient (Wildman–Crippen LogP) is 3.70. The Morgan fingerprint density at radius 1 is 1.08 bits per heavy atom. The van der Waals surface area contributed by atoms with Gasteiger partial charge in [-0.25, -0.2) is 0 Å². The van der Waals surface area contributed by atoms with Crippen LogP contribution in [0.3, 0.4) is 0 Å². The van der Waals surface area contributed by atoms with E-state index in [2.05, 4.69) is 26.1 Å². The molecule has 0 aromatic heterocycles. The molecule has 2 aromatic carbocycles. The minimum atomic E-state index is -0.181. The summed E-state index contributed by atoms with van der Waals surface area (Å²) in [5, 5.41) is 2.78. The molecule has 5 heteroatoms. The fourth-order valence-electron chi connectivity index (χ4n) is 2.68. The molecular formula is C21H27NO4. The van der Waals surface area contributed by atoms with Gasteiger partial charge in [0.15, 0.2) is 18.1 Å². The largest absolute Gasteiger partial charge is 0.493 e. The molecule has 1 amide bonds. The quantitative estimate of drug-likeness (QED) is 0.695. The monoisotopic (exact) mass is 357 g/mol. The molecule has 1 N–H and O–H groups in total. The van der Waals surface area contributed by atoms with Crippen LogP contribution in [0.1, 0.15) is 30.9 Å². The van der Waals surface area contributed by atoms with Crippen LogP contribution in [0.15, 0.2) is 42.5 Å². The average molecular weight is 357 g/mol. The lowest BCUT2D eigenvalue weighted by molar-refractivity contribution is -0.123. The zero-order valence-electron chi connectivity index (χ0n) is 15.9. The van der Waals surface area contributed by atoms with Gasteiger partial charge < -0.3 is 19.5 Å². The first-order valence-corrected chi connectivity index (χ1v) is 8.77. The topological polar surface area (TPSA) is 56.8 Å². The van der Waals surface area contributed by atoms with Crippen LogP contribution >= 0.6 is 0 Å². The van der Waals surface area contributed by atoms with E-state index in [1.54, 1.807) is 7.11 Å². The third kappa shape index (κ3) is 5.69. The van der Waals surface area contributed by atoms with Gasteiger partial charge in [0.05, 0.1) is 13.7 Å². The van der Waals surface area contributed by atoms with E-state index in [4.69, 9.17) is 14.2 Å². The molecule has 26 heavy (non-hydrogen) atoms. The molecule has 0 spiro atoms. The Labute approximate surface area is 155 Å². The number of hydrogen-bond acceptors (Lipinski definition) is 4. The lowest BCUT2D eigenvalue weighted by Crippen LogP contribution is -2.32. The third-order valence-corrected chi connectivity index (χ3v) is 3.98. The molecule has 0 saturated carbocycles. The van der Waals surface area contributed by atoms with Crippen molar-refractivity contribution in [2.75, 3.05) is 26.9 Å². The van der Waals surface area contributed by atoms with E-state index in [1.165, 1.54) is 11.1 Å². The van der Waals surface area contributed by atoms with Gasteiger partial charge in [-0.3, -0.25) is 4.79 Å². The first kappa shape index (κ1) is 19.6. The summed E-state index contributed by atoms with van der Waals surface area (Å²) in [5.74, 6) is 2.31. The van der Waals surface area contributed by atoms with Crippen LogP contribution in [0.2, 0.25) is 0 Å². The van der Waals surface area contributed by atoms with Gasteiger partial charge in [0, 0.05) is 0 Å². The molecule has 0 fully saturated rings. The second-order valence-corrected chi connectivity index (χ2v) is 6.31. The Morgan fingerprint density at radius 3 is 2.46 bits per heavy atom. The number of benzene rings is 2. The molecule has 0 saturated heterocycles. The highest BCUT2D eigenvalue weighted by Crippen LogP contribution is 2.25. The molecule has 0 bridgehead atoms. The molecule has 0 heterocycles. The number of hydrogen-bond donors (Lipinski definition) is 1. The van der Waals surface area contributed by atoms with Gasteiger partial charge in [-0.1, -0.05) is 32.0 Å². The van der Waals surface area contributed by atoms with Gasteiger partial charge in [-0.15, -0.1) is 0 Å². The lowest BCUT2D eigenvalue weighted by Gasteiger charge is -2.13. The Bertz CT molecular complexity index is 728. The lowest BCUT2D eigenvalue weighted by atomic mass is 9.98. The minimum Gasteiger partial charge on any atom is -0.493 e. The van der Waals surface area contributed by atoms with Crippen LogP contribution in [0.5, 0.6) is 17.2 Å². The second-order valence-electron chi connectivity index (χ2n) is 6.31. The molecule has 0 aliphatic carbocycles. The number of ether oxygens (including phenoxy) is 3. The number of carbonyl (C=O) groups excluding carboxylic acids is 1. The SMILES string of the molecule is COc1ccccc1OCCNC(=O)COc1ccc(C(C)C)c(C)c1. The number of amides is 1. The van der Waals surface area contributed by atoms with E-state index in [1.807, 2.05) is 42.5 Å². The van der Waals surface area contributed by atoms with Crippen molar-refractivity contribution < 1.29 is 19.0 Å². The fourth-order valence-corrected chi connectivity index (χ4v) is 2.68. The molecule has 2 aromatic rings. The molecule has 0 unspecified atom stereocenters. The Balaban J connectivity index is 1.71. The van der Waals surface area contributed by atoms with E-state index >= 15 is 0 Å². The highest BCUT2D eigenvalue weighted by atomic mass is 16.5. The van der Waals surface area contributed by atoms with Crippen LogP contribution in [0.25, 0.3) is 0 Å². The first-order chi connectivity index (χ1) is 12.5. The molecule has 0 radical (unpaired) electrons. The number of methoxy groups -OCH3 is 1. The van der Waals surface area contributed by atoms with E-state index in [9.17, 15) is 4.79 Å². The predicted molar refractivity (Wildman–Crippen MR) is 102 cm³/mol. The van der Waals surface area contributed by atoms with Gasteiger partial charge in [0.25, 0.3) is 5.91 Å². The van der Waals surface area contributed by atoms with Gasteiger partial charge in [-0.2, -0.15) is 0 Å². The summed E-state index contributed by atoms with van der Waals surface area (Å²) in [6.07, 6.45) is 0. The summed E-state index contributed by atoms with van der Waals surface area (Å²) in [7, 11) is 1.59. The first-order valence-electron chi connectivity index (χ1n) is 8.77. The van der Waals surface area contributed by atoms with Crippen molar-refractivity contribution in [2.24, 2.45) is 0 Å². The van der Waals surface area contributed by atoms with Crippen LogP contribution in [0.4, 0.5) is 0 Å². The molecule has 2 rings (SSSR count).